The topological polar surface area (TPSA) is 60.1 Å². The average molecular weight is 415 g/mol. The molecule has 2 aromatic heterocycles. The number of fused-ring (bicyclic) bond motifs is 1. The Morgan fingerprint density at radius 2 is 2.17 bits per heavy atom. The first kappa shape index (κ1) is 17.1. The molecule has 3 aromatic rings. The Morgan fingerprint density at radius 1 is 1.46 bits per heavy atom. The predicted octanol–water partition coefficient (Wildman–Crippen LogP) is 3.39. The van der Waals surface area contributed by atoms with Gasteiger partial charge in [-0.2, -0.15) is 5.10 Å². The SMILES string of the molecule is CCn1cc(Br)c2c(C(O)c3ccc(Cl)c(F)c3)n(C)nc2c1=O. The Balaban J connectivity index is 2.26. The van der Waals surface area contributed by atoms with Gasteiger partial charge in [-0.25, -0.2) is 4.39 Å². The van der Waals surface area contributed by atoms with E-state index in [0.29, 0.717) is 27.7 Å². The van der Waals surface area contributed by atoms with Crippen molar-refractivity contribution in [2.45, 2.75) is 19.6 Å². The Kier molecular flexibility index (Phi) is 4.50. The molecule has 1 unspecified atom stereocenters. The number of hydrogen-bond donors (Lipinski definition) is 1. The minimum absolute atomic E-state index is 0.0205. The fourth-order valence-electron chi connectivity index (χ4n) is 2.71. The summed E-state index contributed by atoms with van der Waals surface area (Å²) in [5, 5.41) is 15.4. The van der Waals surface area contributed by atoms with E-state index >= 15 is 0 Å². The molecule has 0 aliphatic rings. The summed E-state index contributed by atoms with van der Waals surface area (Å²) in [6.45, 7) is 2.36. The molecule has 0 radical (unpaired) electrons. The van der Waals surface area contributed by atoms with Crippen LogP contribution in [0.15, 0.2) is 33.7 Å². The van der Waals surface area contributed by atoms with Gasteiger partial charge in [0.05, 0.1) is 10.7 Å². The van der Waals surface area contributed by atoms with Crippen LogP contribution in [0.3, 0.4) is 0 Å². The second-order valence-electron chi connectivity index (χ2n) is 5.38. The van der Waals surface area contributed by atoms with Crippen LogP contribution in [0, 0.1) is 5.82 Å². The quantitative estimate of drug-likeness (QED) is 0.715. The van der Waals surface area contributed by atoms with Crippen LogP contribution in [0.1, 0.15) is 24.3 Å². The van der Waals surface area contributed by atoms with Crippen molar-refractivity contribution in [1.82, 2.24) is 14.3 Å². The molecule has 126 valence electrons. The van der Waals surface area contributed by atoms with Crippen LogP contribution in [0.4, 0.5) is 4.39 Å². The number of hydrogen-bond acceptors (Lipinski definition) is 3. The molecule has 0 fully saturated rings. The molecule has 0 saturated carbocycles. The minimum atomic E-state index is -1.15. The van der Waals surface area contributed by atoms with Crippen molar-refractivity contribution < 1.29 is 9.50 Å². The first-order valence-electron chi connectivity index (χ1n) is 7.23. The maximum atomic E-state index is 13.7. The molecule has 2 heterocycles. The molecule has 1 aromatic carbocycles. The van der Waals surface area contributed by atoms with Crippen molar-refractivity contribution in [2.75, 3.05) is 0 Å². The molecular weight excluding hydrogens is 401 g/mol. The smallest absolute Gasteiger partial charge is 0.279 e. The van der Waals surface area contributed by atoms with E-state index < -0.39 is 11.9 Å². The predicted molar refractivity (Wildman–Crippen MR) is 93.8 cm³/mol. The highest BCUT2D eigenvalue weighted by atomic mass is 79.9. The molecule has 1 N–H and O–H groups in total. The van der Waals surface area contributed by atoms with E-state index in [9.17, 15) is 14.3 Å². The number of aliphatic hydroxyl groups is 1. The number of aliphatic hydroxyl groups excluding tert-OH is 1. The van der Waals surface area contributed by atoms with Crippen LogP contribution in [0.25, 0.3) is 10.9 Å². The molecule has 3 rings (SSSR count). The lowest BCUT2D eigenvalue weighted by molar-refractivity contribution is 0.211. The van der Waals surface area contributed by atoms with Gasteiger partial charge in [0.2, 0.25) is 0 Å². The molecule has 0 amide bonds. The van der Waals surface area contributed by atoms with Gasteiger partial charge in [0, 0.05) is 29.6 Å². The summed E-state index contributed by atoms with van der Waals surface area (Å²) in [5.74, 6) is -0.618. The maximum absolute atomic E-state index is 13.7. The van der Waals surface area contributed by atoms with E-state index in [4.69, 9.17) is 11.6 Å². The number of benzene rings is 1. The summed E-state index contributed by atoms with van der Waals surface area (Å²) in [7, 11) is 1.63. The third-order valence-corrected chi connectivity index (χ3v) is 4.83. The fourth-order valence-corrected chi connectivity index (χ4v) is 3.46. The second-order valence-corrected chi connectivity index (χ2v) is 6.64. The Bertz CT molecular complexity index is 999. The molecule has 8 heteroatoms. The van der Waals surface area contributed by atoms with Crippen molar-refractivity contribution in [1.29, 1.82) is 0 Å². The number of halogens is 3. The molecule has 24 heavy (non-hydrogen) atoms. The number of aryl methyl sites for hydroxylation is 2. The molecule has 0 aliphatic carbocycles. The first-order chi connectivity index (χ1) is 11.3. The standard InChI is InChI=1S/C16H14BrClFN3O2/c1-3-22-7-9(17)12-13(16(22)24)20-21(2)14(12)15(23)8-4-5-10(18)11(19)6-8/h4-7,15,23H,3H2,1-2H3. The molecule has 0 spiro atoms. The normalized spacial score (nSPS) is 12.8. The molecule has 0 saturated heterocycles. The van der Waals surface area contributed by atoms with Gasteiger partial charge in [-0.1, -0.05) is 17.7 Å². The minimum Gasteiger partial charge on any atom is -0.382 e. The lowest BCUT2D eigenvalue weighted by Gasteiger charge is -2.13. The number of aromatic nitrogens is 3. The number of nitrogens with zero attached hydrogens (tertiary/aromatic N) is 3. The van der Waals surface area contributed by atoms with E-state index in [-0.39, 0.29) is 16.1 Å². The third kappa shape index (κ3) is 2.66. The van der Waals surface area contributed by atoms with Crippen LogP contribution in [-0.2, 0) is 13.6 Å². The zero-order valence-corrected chi connectivity index (χ0v) is 15.3. The lowest BCUT2D eigenvalue weighted by Crippen LogP contribution is -2.19. The third-order valence-electron chi connectivity index (χ3n) is 3.92. The van der Waals surface area contributed by atoms with Gasteiger partial charge in [-0.3, -0.25) is 9.48 Å². The van der Waals surface area contributed by atoms with Gasteiger partial charge < -0.3 is 9.67 Å². The zero-order valence-electron chi connectivity index (χ0n) is 12.9. The summed E-state index contributed by atoms with van der Waals surface area (Å²) in [4.78, 5) is 12.4. The lowest BCUT2D eigenvalue weighted by atomic mass is 10.0. The summed E-state index contributed by atoms with van der Waals surface area (Å²) in [6, 6.07) is 4.09. The van der Waals surface area contributed by atoms with E-state index in [1.54, 1.807) is 13.2 Å². The van der Waals surface area contributed by atoms with Crippen molar-refractivity contribution in [3.8, 4) is 0 Å². The van der Waals surface area contributed by atoms with Gasteiger partial charge in [0.25, 0.3) is 5.56 Å². The largest absolute Gasteiger partial charge is 0.382 e. The van der Waals surface area contributed by atoms with E-state index in [1.165, 1.54) is 27.4 Å². The van der Waals surface area contributed by atoms with Crippen LogP contribution < -0.4 is 5.56 Å². The van der Waals surface area contributed by atoms with Crippen LogP contribution >= 0.6 is 27.5 Å². The van der Waals surface area contributed by atoms with Crippen LogP contribution in [0.5, 0.6) is 0 Å². The Morgan fingerprint density at radius 3 is 2.79 bits per heavy atom. The molecule has 0 bridgehead atoms. The van der Waals surface area contributed by atoms with Gasteiger partial charge in [0.15, 0.2) is 5.52 Å². The highest BCUT2D eigenvalue weighted by Crippen LogP contribution is 2.33. The molecule has 0 aliphatic heterocycles. The van der Waals surface area contributed by atoms with Gasteiger partial charge >= 0.3 is 0 Å². The van der Waals surface area contributed by atoms with Crippen molar-refractivity contribution in [3.05, 3.63) is 61.3 Å². The Labute approximate surface area is 150 Å². The summed E-state index contributed by atoms with van der Waals surface area (Å²) < 4.78 is 17.3. The fraction of sp³-hybridized carbons (Fsp3) is 0.250. The molecule has 1 atom stereocenters. The van der Waals surface area contributed by atoms with Gasteiger partial charge in [-0.15, -0.1) is 0 Å². The van der Waals surface area contributed by atoms with E-state index in [1.807, 2.05) is 6.92 Å². The zero-order chi connectivity index (χ0) is 17.6. The van der Waals surface area contributed by atoms with Gasteiger partial charge in [0.1, 0.15) is 11.9 Å². The van der Waals surface area contributed by atoms with E-state index in [0.717, 1.165) is 0 Å². The van der Waals surface area contributed by atoms with Crippen molar-refractivity contribution in [2.24, 2.45) is 7.05 Å². The van der Waals surface area contributed by atoms with E-state index in [2.05, 4.69) is 21.0 Å². The highest BCUT2D eigenvalue weighted by Gasteiger charge is 2.24. The first-order valence-corrected chi connectivity index (χ1v) is 8.40. The number of pyridine rings is 1. The summed E-state index contributed by atoms with van der Waals surface area (Å²) >= 11 is 9.12. The maximum Gasteiger partial charge on any atom is 0.279 e. The molecular formula is C16H14BrClFN3O2. The monoisotopic (exact) mass is 413 g/mol. The van der Waals surface area contributed by atoms with Crippen molar-refractivity contribution in [3.63, 3.8) is 0 Å². The van der Waals surface area contributed by atoms with Gasteiger partial charge in [-0.05, 0) is 40.5 Å². The summed E-state index contributed by atoms with van der Waals surface area (Å²) in [5.41, 5.74) is 0.733. The second kappa shape index (κ2) is 6.31. The Hall–Kier alpha value is -1.70. The summed E-state index contributed by atoms with van der Waals surface area (Å²) in [6.07, 6.45) is 0.505. The highest BCUT2D eigenvalue weighted by molar-refractivity contribution is 9.10. The van der Waals surface area contributed by atoms with Crippen LogP contribution in [-0.4, -0.2) is 19.5 Å². The average Bonchev–Trinajstić information content (AvgIpc) is 2.90. The number of rotatable bonds is 3. The van der Waals surface area contributed by atoms with Crippen molar-refractivity contribution >= 4 is 38.4 Å². The molecule has 5 nitrogen and oxygen atoms in total. The van der Waals surface area contributed by atoms with Crippen LogP contribution in [0.2, 0.25) is 5.02 Å².